The average molecular weight is 433 g/mol. The van der Waals surface area contributed by atoms with E-state index in [4.69, 9.17) is 16.3 Å². The Balaban J connectivity index is 1.64. The van der Waals surface area contributed by atoms with Crippen LogP contribution < -0.4 is 15.4 Å². The number of halogens is 1. The SMILES string of the molecule is COc1ccc(NC(=O)C(=O)NC[C@@H](c2cccn2C)N2CCCCCC2)cc1Cl. The summed E-state index contributed by atoms with van der Waals surface area (Å²) in [5, 5.41) is 5.75. The van der Waals surface area contributed by atoms with Crippen molar-refractivity contribution in [1.29, 1.82) is 0 Å². The maximum absolute atomic E-state index is 12.5. The van der Waals surface area contributed by atoms with Crippen LogP contribution in [0.15, 0.2) is 36.5 Å². The molecule has 30 heavy (non-hydrogen) atoms. The fourth-order valence-corrected chi connectivity index (χ4v) is 4.11. The molecular weight excluding hydrogens is 404 g/mol. The van der Waals surface area contributed by atoms with Gasteiger partial charge >= 0.3 is 11.8 Å². The minimum atomic E-state index is -0.724. The molecule has 1 saturated heterocycles. The number of nitrogens with zero attached hydrogens (tertiary/aromatic N) is 2. The van der Waals surface area contributed by atoms with Gasteiger partial charge in [0.15, 0.2) is 0 Å². The molecule has 1 aromatic carbocycles. The summed E-state index contributed by atoms with van der Waals surface area (Å²) in [5.41, 5.74) is 1.56. The number of hydrogen-bond donors (Lipinski definition) is 2. The summed E-state index contributed by atoms with van der Waals surface area (Å²) in [5.74, 6) is -0.893. The van der Waals surface area contributed by atoms with Crippen molar-refractivity contribution in [3.05, 3.63) is 47.2 Å². The van der Waals surface area contributed by atoms with Crippen molar-refractivity contribution < 1.29 is 14.3 Å². The van der Waals surface area contributed by atoms with Crippen molar-refractivity contribution >= 4 is 29.1 Å². The molecule has 2 heterocycles. The number of likely N-dealkylation sites (tertiary alicyclic amines) is 1. The molecule has 2 aromatic rings. The van der Waals surface area contributed by atoms with E-state index in [1.165, 1.54) is 20.0 Å². The van der Waals surface area contributed by atoms with Crippen LogP contribution in [-0.4, -0.2) is 48.0 Å². The molecule has 0 unspecified atom stereocenters. The van der Waals surface area contributed by atoms with Crippen LogP contribution in [0.3, 0.4) is 0 Å². The third kappa shape index (κ3) is 5.55. The zero-order chi connectivity index (χ0) is 21.5. The molecule has 0 saturated carbocycles. The second-order valence-corrected chi connectivity index (χ2v) is 7.93. The van der Waals surface area contributed by atoms with E-state index in [1.807, 2.05) is 19.3 Å². The largest absolute Gasteiger partial charge is 0.495 e. The van der Waals surface area contributed by atoms with E-state index in [0.29, 0.717) is 23.0 Å². The summed E-state index contributed by atoms with van der Waals surface area (Å²) in [6.45, 7) is 2.35. The van der Waals surface area contributed by atoms with Gasteiger partial charge in [0.25, 0.3) is 0 Å². The van der Waals surface area contributed by atoms with Crippen molar-refractivity contribution in [1.82, 2.24) is 14.8 Å². The van der Waals surface area contributed by atoms with Crippen LogP contribution in [0, 0.1) is 0 Å². The first-order valence-corrected chi connectivity index (χ1v) is 10.7. The van der Waals surface area contributed by atoms with Gasteiger partial charge in [-0.05, 0) is 56.3 Å². The third-order valence-electron chi connectivity index (χ3n) is 5.48. The van der Waals surface area contributed by atoms with Crippen molar-refractivity contribution in [2.45, 2.75) is 31.7 Å². The predicted octanol–water partition coefficient (Wildman–Crippen LogP) is 3.36. The summed E-state index contributed by atoms with van der Waals surface area (Å²) in [6, 6.07) is 8.93. The van der Waals surface area contributed by atoms with Gasteiger partial charge in [0.1, 0.15) is 5.75 Å². The van der Waals surface area contributed by atoms with Crippen LogP contribution >= 0.6 is 11.6 Å². The Morgan fingerprint density at radius 2 is 1.87 bits per heavy atom. The lowest BCUT2D eigenvalue weighted by Crippen LogP contribution is -2.42. The number of anilines is 1. The van der Waals surface area contributed by atoms with Crippen LogP contribution in [0.5, 0.6) is 5.75 Å². The molecule has 2 amide bonds. The number of nitrogens with one attached hydrogen (secondary N) is 2. The minimum absolute atomic E-state index is 0.0234. The number of ether oxygens (including phenoxy) is 1. The zero-order valence-corrected chi connectivity index (χ0v) is 18.2. The van der Waals surface area contributed by atoms with E-state index in [0.717, 1.165) is 31.6 Å². The molecule has 1 aliphatic heterocycles. The smallest absolute Gasteiger partial charge is 0.313 e. The molecule has 8 heteroatoms. The molecule has 0 bridgehead atoms. The molecule has 0 radical (unpaired) electrons. The Hall–Kier alpha value is -2.51. The number of carbonyl (C=O) groups is 2. The summed E-state index contributed by atoms with van der Waals surface area (Å²) >= 11 is 6.08. The van der Waals surface area contributed by atoms with E-state index in [9.17, 15) is 9.59 Å². The number of benzene rings is 1. The van der Waals surface area contributed by atoms with Crippen molar-refractivity contribution in [3.8, 4) is 5.75 Å². The lowest BCUT2D eigenvalue weighted by Gasteiger charge is -2.31. The molecule has 2 N–H and O–H groups in total. The first-order chi connectivity index (χ1) is 14.5. The number of methoxy groups -OCH3 is 1. The highest BCUT2D eigenvalue weighted by Gasteiger charge is 2.25. The topological polar surface area (TPSA) is 75.6 Å². The molecule has 1 aliphatic rings. The van der Waals surface area contributed by atoms with Crippen LogP contribution in [0.2, 0.25) is 5.02 Å². The molecule has 1 atom stereocenters. The molecular formula is C22H29ClN4O3. The molecule has 162 valence electrons. The lowest BCUT2D eigenvalue weighted by molar-refractivity contribution is -0.136. The fraction of sp³-hybridized carbons (Fsp3) is 0.455. The van der Waals surface area contributed by atoms with E-state index in [2.05, 4.69) is 26.2 Å². The highest BCUT2D eigenvalue weighted by Crippen LogP contribution is 2.27. The maximum Gasteiger partial charge on any atom is 0.313 e. The number of carbonyl (C=O) groups excluding carboxylic acids is 2. The number of aromatic nitrogens is 1. The summed E-state index contributed by atoms with van der Waals surface area (Å²) in [6.07, 6.45) is 6.76. The van der Waals surface area contributed by atoms with Crippen LogP contribution in [0.1, 0.15) is 37.4 Å². The highest BCUT2D eigenvalue weighted by molar-refractivity contribution is 6.40. The molecule has 0 aliphatic carbocycles. The Bertz CT molecular complexity index is 875. The predicted molar refractivity (Wildman–Crippen MR) is 118 cm³/mol. The molecule has 1 aromatic heterocycles. The number of rotatable bonds is 6. The van der Waals surface area contributed by atoms with Gasteiger partial charge in [-0.3, -0.25) is 14.5 Å². The van der Waals surface area contributed by atoms with Gasteiger partial charge in [-0.15, -0.1) is 0 Å². The van der Waals surface area contributed by atoms with Crippen LogP contribution in [-0.2, 0) is 16.6 Å². The minimum Gasteiger partial charge on any atom is -0.495 e. The Kier molecular flexibility index (Phi) is 7.76. The Morgan fingerprint density at radius 3 is 2.47 bits per heavy atom. The maximum atomic E-state index is 12.5. The summed E-state index contributed by atoms with van der Waals surface area (Å²) in [7, 11) is 3.52. The van der Waals surface area contributed by atoms with Gasteiger partial charge in [-0.2, -0.15) is 0 Å². The zero-order valence-electron chi connectivity index (χ0n) is 17.5. The fourth-order valence-electron chi connectivity index (χ4n) is 3.85. The quantitative estimate of drug-likeness (QED) is 0.686. The second kappa shape index (κ2) is 10.5. The van der Waals surface area contributed by atoms with Gasteiger partial charge in [0, 0.05) is 31.2 Å². The van der Waals surface area contributed by atoms with Gasteiger partial charge in [-0.1, -0.05) is 24.4 Å². The van der Waals surface area contributed by atoms with E-state index < -0.39 is 11.8 Å². The Morgan fingerprint density at radius 1 is 1.13 bits per heavy atom. The number of amides is 2. The second-order valence-electron chi connectivity index (χ2n) is 7.52. The Labute approximate surface area is 182 Å². The van der Waals surface area contributed by atoms with Gasteiger partial charge in [-0.25, -0.2) is 0 Å². The average Bonchev–Trinajstić information content (AvgIpc) is 2.98. The molecule has 0 spiro atoms. The molecule has 3 rings (SSSR count). The summed E-state index contributed by atoms with van der Waals surface area (Å²) < 4.78 is 7.17. The van der Waals surface area contributed by atoms with Gasteiger partial charge in [0.2, 0.25) is 0 Å². The van der Waals surface area contributed by atoms with Crippen molar-refractivity contribution in [3.63, 3.8) is 0 Å². The number of hydrogen-bond acceptors (Lipinski definition) is 4. The van der Waals surface area contributed by atoms with Crippen molar-refractivity contribution in [2.24, 2.45) is 7.05 Å². The molecule has 1 fully saturated rings. The van der Waals surface area contributed by atoms with Gasteiger partial charge < -0.3 is 19.9 Å². The third-order valence-corrected chi connectivity index (χ3v) is 5.77. The van der Waals surface area contributed by atoms with Crippen LogP contribution in [0.4, 0.5) is 5.69 Å². The van der Waals surface area contributed by atoms with Gasteiger partial charge in [0.05, 0.1) is 18.2 Å². The normalized spacial score (nSPS) is 15.8. The monoisotopic (exact) mass is 432 g/mol. The van der Waals surface area contributed by atoms with Crippen molar-refractivity contribution in [2.75, 3.05) is 32.1 Å². The first kappa shape index (κ1) is 22.2. The van der Waals surface area contributed by atoms with Crippen LogP contribution in [0.25, 0.3) is 0 Å². The first-order valence-electron chi connectivity index (χ1n) is 10.3. The lowest BCUT2D eigenvalue weighted by atomic mass is 10.1. The van der Waals surface area contributed by atoms with E-state index in [1.54, 1.807) is 18.2 Å². The standard InChI is InChI=1S/C22H29ClN4O3/c1-26-11-7-8-18(26)19(27-12-5-3-4-6-13-27)15-24-21(28)22(29)25-16-9-10-20(30-2)17(23)14-16/h7-11,14,19H,3-6,12-13,15H2,1-2H3,(H,24,28)(H,25,29)/t19-/m0/s1. The highest BCUT2D eigenvalue weighted by atomic mass is 35.5. The van der Waals surface area contributed by atoms with E-state index >= 15 is 0 Å². The summed E-state index contributed by atoms with van der Waals surface area (Å²) in [4.78, 5) is 27.2. The number of aryl methyl sites for hydroxylation is 1. The molecule has 7 nitrogen and oxygen atoms in total. The van der Waals surface area contributed by atoms with E-state index in [-0.39, 0.29) is 6.04 Å².